The van der Waals surface area contributed by atoms with Gasteiger partial charge in [-0.3, -0.25) is 9.59 Å². The van der Waals surface area contributed by atoms with Crippen LogP contribution in [0, 0.1) is 17.2 Å². The second kappa shape index (κ2) is 10.5. The summed E-state index contributed by atoms with van der Waals surface area (Å²) in [5, 5.41) is 10.8. The monoisotopic (exact) mass is 499 g/mol. The number of carbonyl (C=O) groups is 2. The predicted octanol–water partition coefficient (Wildman–Crippen LogP) is 4.24. The Hall–Kier alpha value is -3.13. The Balaban J connectivity index is 1.63. The van der Waals surface area contributed by atoms with E-state index in [0.29, 0.717) is 36.1 Å². The molecule has 7 nitrogen and oxygen atoms in total. The van der Waals surface area contributed by atoms with Crippen LogP contribution in [-0.4, -0.2) is 54.8 Å². The molecule has 0 radical (unpaired) electrons. The number of amides is 1. The van der Waals surface area contributed by atoms with Gasteiger partial charge in [-0.1, -0.05) is 25.1 Å². The third-order valence-electron chi connectivity index (χ3n) is 7.44. The van der Waals surface area contributed by atoms with Crippen molar-refractivity contribution in [3.05, 3.63) is 59.4 Å². The lowest BCUT2D eigenvalue weighted by Crippen LogP contribution is -2.39. The number of carbonyl (C=O) groups excluding carboxylic acids is 2. The van der Waals surface area contributed by atoms with Crippen LogP contribution in [0.4, 0.5) is 4.39 Å². The third kappa shape index (κ3) is 5.48. The molecule has 2 aromatic rings. The Labute approximate surface area is 211 Å². The van der Waals surface area contributed by atoms with Gasteiger partial charge in [0.15, 0.2) is 11.5 Å². The molecule has 194 valence electrons. The summed E-state index contributed by atoms with van der Waals surface area (Å²) in [5.41, 5.74) is 0.645. The molecular weight excluding hydrogens is 465 g/mol. The van der Waals surface area contributed by atoms with Crippen molar-refractivity contribution in [3.63, 3.8) is 0 Å². The number of aliphatic hydroxyl groups is 1. The predicted molar refractivity (Wildman–Crippen MR) is 131 cm³/mol. The molecule has 1 aliphatic carbocycles. The van der Waals surface area contributed by atoms with Crippen molar-refractivity contribution in [2.45, 2.75) is 51.7 Å². The van der Waals surface area contributed by atoms with Crippen LogP contribution in [0.3, 0.4) is 0 Å². The molecular formula is C28H34FNO6. The van der Waals surface area contributed by atoms with Crippen molar-refractivity contribution < 1.29 is 33.3 Å². The zero-order valence-corrected chi connectivity index (χ0v) is 21.2. The average Bonchev–Trinajstić information content (AvgIpc) is 3.61. The minimum Gasteiger partial charge on any atom is -0.493 e. The van der Waals surface area contributed by atoms with Crippen molar-refractivity contribution >= 4 is 11.9 Å². The molecule has 1 amide bonds. The maximum Gasteiger partial charge on any atom is 0.303 e. The molecule has 4 atom stereocenters. The Morgan fingerprint density at radius 1 is 1.17 bits per heavy atom. The van der Waals surface area contributed by atoms with Crippen LogP contribution in [0.5, 0.6) is 11.5 Å². The highest BCUT2D eigenvalue weighted by molar-refractivity contribution is 5.85. The summed E-state index contributed by atoms with van der Waals surface area (Å²) in [6, 6.07) is 11.1. The summed E-state index contributed by atoms with van der Waals surface area (Å²) in [5.74, 6) is 0.172. The molecule has 0 aromatic heterocycles. The van der Waals surface area contributed by atoms with Gasteiger partial charge < -0.3 is 24.2 Å². The number of hydrogen-bond donors (Lipinski definition) is 1. The molecule has 4 rings (SSSR count). The van der Waals surface area contributed by atoms with Gasteiger partial charge in [0.05, 0.1) is 19.8 Å². The minimum atomic E-state index is -1.20. The first-order valence-corrected chi connectivity index (χ1v) is 12.3. The zero-order valence-electron chi connectivity index (χ0n) is 21.2. The number of rotatable bonds is 9. The number of halogens is 1. The number of aliphatic hydroxyl groups excluding tert-OH is 1. The van der Waals surface area contributed by atoms with Crippen LogP contribution in [0.2, 0.25) is 0 Å². The molecule has 1 unspecified atom stereocenters. The van der Waals surface area contributed by atoms with Gasteiger partial charge in [-0.05, 0) is 55.5 Å². The van der Waals surface area contributed by atoms with Crippen molar-refractivity contribution in [2.24, 2.45) is 11.3 Å². The van der Waals surface area contributed by atoms with E-state index in [2.05, 4.69) is 0 Å². The first kappa shape index (κ1) is 25.9. The van der Waals surface area contributed by atoms with Crippen LogP contribution < -0.4 is 9.47 Å². The van der Waals surface area contributed by atoms with E-state index in [1.165, 1.54) is 44.0 Å². The Morgan fingerprint density at radius 3 is 2.44 bits per heavy atom. The molecule has 8 heteroatoms. The van der Waals surface area contributed by atoms with Crippen LogP contribution in [-0.2, 0) is 14.3 Å². The molecule has 2 fully saturated rings. The second-order valence-corrected chi connectivity index (χ2v) is 10.2. The Bertz CT molecular complexity index is 1100. The summed E-state index contributed by atoms with van der Waals surface area (Å²) in [4.78, 5) is 27.1. The van der Waals surface area contributed by atoms with Gasteiger partial charge in [-0.2, -0.15) is 0 Å². The normalized spacial score (nSPS) is 23.2. The molecule has 2 aliphatic rings. The van der Waals surface area contributed by atoms with E-state index in [1.807, 2.05) is 25.1 Å². The third-order valence-corrected chi connectivity index (χ3v) is 7.44. The fraction of sp³-hybridized carbons (Fsp3) is 0.500. The fourth-order valence-electron chi connectivity index (χ4n) is 4.84. The molecule has 1 saturated carbocycles. The SMILES string of the molecule is COc1ccc([C@@H]2CN(C(=O)C(OC(C)=O)c3ccc(F)cc3)C[C@@]2(C)[C@@H](C)O)cc1OCC1CC1. The smallest absolute Gasteiger partial charge is 0.303 e. The molecule has 0 bridgehead atoms. The number of methoxy groups -OCH3 is 1. The summed E-state index contributed by atoms with van der Waals surface area (Å²) >= 11 is 0. The van der Waals surface area contributed by atoms with Gasteiger partial charge >= 0.3 is 5.97 Å². The first-order chi connectivity index (χ1) is 17.1. The van der Waals surface area contributed by atoms with Crippen molar-refractivity contribution in [1.29, 1.82) is 0 Å². The summed E-state index contributed by atoms with van der Waals surface area (Å²) in [6.07, 6.45) is 0.406. The van der Waals surface area contributed by atoms with Crippen molar-refractivity contribution in [3.8, 4) is 11.5 Å². The summed E-state index contributed by atoms with van der Waals surface area (Å²) < 4.78 is 30.4. The van der Waals surface area contributed by atoms with Crippen LogP contribution in [0.15, 0.2) is 42.5 Å². The van der Waals surface area contributed by atoms with Gasteiger partial charge in [-0.25, -0.2) is 4.39 Å². The number of hydrogen-bond acceptors (Lipinski definition) is 6. The van der Waals surface area contributed by atoms with Gasteiger partial charge in [0.1, 0.15) is 5.82 Å². The molecule has 2 aromatic carbocycles. The first-order valence-electron chi connectivity index (χ1n) is 12.3. The molecule has 36 heavy (non-hydrogen) atoms. The molecule has 1 aliphatic heterocycles. The minimum absolute atomic E-state index is 0.207. The van der Waals surface area contributed by atoms with Gasteiger partial charge in [0.25, 0.3) is 5.91 Å². The highest BCUT2D eigenvalue weighted by atomic mass is 19.1. The van der Waals surface area contributed by atoms with E-state index < -0.39 is 35.3 Å². The standard InChI is InChI=1S/C28H34FNO6/c1-17(31)28(3)16-30(27(33)26(36-18(2)32)20-7-10-22(29)11-8-20)14-23(28)21-9-12-24(34-4)25(13-21)35-15-19-5-6-19/h7-13,17,19,23,26,31H,5-6,14-16H2,1-4H3/t17-,23+,26?,28+/m1/s1. The number of nitrogens with zero attached hydrogens (tertiary/aromatic N) is 1. The number of likely N-dealkylation sites (tertiary alicyclic amines) is 1. The second-order valence-electron chi connectivity index (χ2n) is 10.2. The number of ether oxygens (including phenoxy) is 3. The van der Waals surface area contributed by atoms with Crippen LogP contribution >= 0.6 is 0 Å². The quantitative estimate of drug-likeness (QED) is 0.520. The Kier molecular flexibility index (Phi) is 7.54. The number of benzene rings is 2. The van der Waals surface area contributed by atoms with Gasteiger partial charge in [0.2, 0.25) is 6.10 Å². The molecule has 1 N–H and O–H groups in total. The van der Waals surface area contributed by atoms with Crippen molar-refractivity contribution in [2.75, 3.05) is 26.8 Å². The maximum atomic E-state index is 13.6. The largest absolute Gasteiger partial charge is 0.493 e. The van der Waals surface area contributed by atoms with Crippen LogP contribution in [0.1, 0.15) is 56.8 Å². The zero-order chi connectivity index (χ0) is 26.0. The lowest BCUT2D eigenvalue weighted by atomic mass is 9.72. The Morgan fingerprint density at radius 2 is 1.86 bits per heavy atom. The summed E-state index contributed by atoms with van der Waals surface area (Å²) in [6.45, 7) is 6.11. The molecule has 1 heterocycles. The van der Waals surface area contributed by atoms with E-state index in [1.54, 1.807) is 18.9 Å². The van der Waals surface area contributed by atoms with Gasteiger partial charge in [-0.15, -0.1) is 0 Å². The lowest BCUT2D eigenvalue weighted by molar-refractivity contribution is -0.159. The maximum absolute atomic E-state index is 13.6. The van der Waals surface area contributed by atoms with E-state index in [4.69, 9.17) is 14.2 Å². The van der Waals surface area contributed by atoms with E-state index in [0.717, 1.165) is 5.56 Å². The van der Waals surface area contributed by atoms with Crippen LogP contribution in [0.25, 0.3) is 0 Å². The van der Waals surface area contributed by atoms with Gasteiger partial charge in [0, 0.05) is 36.9 Å². The fourth-order valence-corrected chi connectivity index (χ4v) is 4.84. The average molecular weight is 500 g/mol. The van der Waals surface area contributed by atoms with E-state index >= 15 is 0 Å². The molecule has 1 saturated heterocycles. The van der Waals surface area contributed by atoms with E-state index in [9.17, 15) is 19.1 Å². The lowest BCUT2D eigenvalue weighted by Gasteiger charge is -2.34. The highest BCUT2D eigenvalue weighted by Gasteiger charge is 2.49. The van der Waals surface area contributed by atoms with E-state index in [-0.39, 0.29) is 12.5 Å². The molecule has 0 spiro atoms. The van der Waals surface area contributed by atoms with Crippen molar-refractivity contribution in [1.82, 2.24) is 4.90 Å². The highest BCUT2D eigenvalue weighted by Crippen LogP contribution is 2.47. The summed E-state index contributed by atoms with van der Waals surface area (Å²) in [7, 11) is 1.60. The number of esters is 1. The topological polar surface area (TPSA) is 85.3 Å².